The molecule has 0 atom stereocenters. The molecule has 36 heavy (non-hydrogen) atoms. The highest BCUT2D eigenvalue weighted by molar-refractivity contribution is 9.10. The number of benzene rings is 3. The molecule has 0 aromatic heterocycles. The van der Waals surface area contributed by atoms with Crippen LogP contribution in [0.15, 0.2) is 75.0 Å². The number of amides is 1. The first-order valence-corrected chi connectivity index (χ1v) is 12.2. The maximum absolute atomic E-state index is 13.5. The van der Waals surface area contributed by atoms with Gasteiger partial charge in [-0.25, -0.2) is 14.2 Å². The van der Waals surface area contributed by atoms with Crippen LogP contribution >= 0.6 is 27.7 Å². The number of thioether (sulfide) groups is 1. The lowest BCUT2D eigenvalue weighted by Gasteiger charge is -2.14. The Bertz CT molecular complexity index is 1390. The number of nitrogens with zero attached hydrogens (tertiary/aromatic N) is 2. The van der Waals surface area contributed by atoms with Gasteiger partial charge in [0, 0.05) is 7.05 Å². The van der Waals surface area contributed by atoms with Crippen LogP contribution in [0.25, 0.3) is 6.08 Å². The Morgan fingerprint density at radius 1 is 1.19 bits per heavy atom. The van der Waals surface area contributed by atoms with E-state index < -0.39 is 5.97 Å². The van der Waals surface area contributed by atoms with Gasteiger partial charge < -0.3 is 14.6 Å². The van der Waals surface area contributed by atoms with E-state index in [1.54, 1.807) is 49.5 Å². The summed E-state index contributed by atoms with van der Waals surface area (Å²) in [4.78, 5) is 30.2. The molecule has 0 spiro atoms. The van der Waals surface area contributed by atoms with Crippen molar-refractivity contribution in [3.05, 3.63) is 92.5 Å². The van der Waals surface area contributed by atoms with Gasteiger partial charge in [-0.15, -0.1) is 0 Å². The highest BCUT2D eigenvalue weighted by Gasteiger charge is 2.30. The largest absolute Gasteiger partial charge is 0.493 e. The summed E-state index contributed by atoms with van der Waals surface area (Å²) in [6.07, 6.45) is 1.73. The number of hydrogen-bond acceptors (Lipinski definition) is 6. The number of halogens is 2. The van der Waals surface area contributed by atoms with E-state index in [-0.39, 0.29) is 23.9 Å². The van der Waals surface area contributed by atoms with E-state index in [9.17, 15) is 14.0 Å². The molecule has 1 aliphatic heterocycles. The molecular weight excluding hydrogens is 551 g/mol. The Morgan fingerprint density at radius 2 is 1.94 bits per heavy atom. The Hall–Kier alpha value is -3.63. The number of carboxylic acids is 1. The summed E-state index contributed by atoms with van der Waals surface area (Å²) in [6, 6.07) is 15.8. The molecule has 0 bridgehead atoms. The molecule has 0 unspecified atom stereocenters. The second-order valence-corrected chi connectivity index (χ2v) is 9.54. The molecule has 10 heteroatoms. The first-order chi connectivity index (χ1) is 17.2. The molecule has 4 rings (SSSR count). The second kappa shape index (κ2) is 11.0. The van der Waals surface area contributed by atoms with E-state index in [4.69, 9.17) is 14.6 Å². The molecule has 1 fully saturated rings. The van der Waals surface area contributed by atoms with Gasteiger partial charge in [-0.3, -0.25) is 9.69 Å². The molecule has 0 aliphatic carbocycles. The predicted molar refractivity (Wildman–Crippen MR) is 140 cm³/mol. The number of aliphatic imine (C=N–C) groups is 1. The van der Waals surface area contributed by atoms with Crippen molar-refractivity contribution in [1.29, 1.82) is 0 Å². The summed E-state index contributed by atoms with van der Waals surface area (Å²) in [5.74, 6) is -0.674. The molecular formula is C26H20BrFN2O5S. The van der Waals surface area contributed by atoms with Gasteiger partial charge >= 0.3 is 5.97 Å². The minimum atomic E-state index is -1.02. The molecule has 1 amide bonds. The van der Waals surface area contributed by atoms with Crippen molar-refractivity contribution in [2.45, 2.75) is 6.61 Å². The summed E-state index contributed by atoms with van der Waals surface area (Å²) in [6.45, 7) is 0.152. The van der Waals surface area contributed by atoms with Crippen molar-refractivity contribution in [2.75, 3.05) is 14.2 Å². The van der Waals surface area contributed by atoms with E-state index in [2.05, 4.69) is 20.9 Å². The Balaban J connectivity index is 1.55. The van der Waals surface area contributed by atoms with Crippen molar-refractivity contribution >= 4 is 56.5 Å². The predicted octanol–water partition coefficient (Wildman–Crippen LogP) is 6.11. The third kappa shape index (κ3) is 5.77. The van der Waals surface area contributed by atoms with E-state index in [0.29, 0.717) is 42.9 Å². The molecule has 0 saturated carbocycles. The zero-order valence-corrected chi connectivity index (χ0v) is 21.6. The van der Waals surface area contributed by atoms with Crippen molar-refractivity contribution in [1.82, 2.24) is 4.90 Å². The van der Waals surface area contributed by atoms with Gasteiger partial charge in [-0.05, 0) is 93.4 Å². The lowest BCUT2D eigenvalue weighted by Crippen LogP contribution is -2.23. The normalized spacial score (nSPS) is 15.6. The molecule has 3 aromatic carbocycles. The van der Waals surface area contributed by atoms with Crippen molar-refractivity contribution in [3.63, 3.8) is 0 Å². The first kappa shape index (κ1) is 25.5. The number of ether oxygens (including phenoxy) is 2. The summed E-state index contributed by atoms with van der Waals surface area (Å²) in [5.41, 5.74) is 2.07. The van der Waals surface area contributed by atoms with Crippen LogP contribution in [-0.2, 0) is 11.4 Å². The highest BCUT2D eigenvalue weighted by Crippen LogP contribution is 2.39. The quantitative estimate of drug-likeness (QED) is 0.345. The van der Waals surface area contributed by atoms with Crippen LogP contribution in [0.3, 0.4) is 0 Å². The number of amidine groups is 1. The van der Waals surface area contributed by atoms with E-state index in [1.807, 2.05) is 0 Å². The molecule has 0 radical (unpaired) electrons. The van der Waals surface area contributed by atoms with E-state index in [0.717, 1.165) is 0 Å². The lowest BCUT2D eigenvalue weighted by molar-refractivity contribution is -0.121. The van der Waals surface area contributed by atoms with Crippen molar-refractivity contribution < 1.29 is 28.6 Å². The number of methoxy groups -OCH3 is 1. The van der Waals surface area contributed by atoms with Crippen LogP contribution in [0, 0.1) is 5.82 Å². The number of aromatic carboxylic acids is 1. The number of carbonyl (C=O) groups is 2. The SMILES string of the molecule is COc1cc(/C=C2\SC(=Nc3ccc(C(=O)O)cc3)N(C)C2=O)cc(Br)c1OCc1cccc(F)c1. The van der Waals surface area contributed by atoms with Crippen LogP contribution in [0.1, 0.15) is 21.5 Å². The van der Waals surface area contributed by atoms with Crippen molar-refractivity contribution in [2.24, 2.45) is 4.99 Å². The fourth-order valence-corrected chi connectivity index (χ4v) is 4.90. The van der Waals surface area contributed by atoms with E-state index in [1.165, 1.54) is 48.0 Å². The van der Waals surface area contributed by atoms with Crippen LogP contribution in [0.4, 0.5) is 10.1 Å². The average molecular weight is 571 g/mol. The average Bonchev–Trinajstić information content (AvgIpc) is 3.11. The molecule has 1 N–H and O–H groups in total. The molecule has 1 heterocycles. The van der Waals surface area contributed by atoms with Gasteiger partial charge in [0.1, 0.15) is 12.4 Å². The maximum Gasteiger partial charge on any atom is 0.335 e. The zero-order chi connectivity index (χ0) is 25.8. The van der Waals surface area contributed by atoms with Gasteiger partial charge in [0.15, 0.2) is 16.7 Å². The minimum Gasteiger partial charge on any atom is -0.493 e. The van der Waals surface area contributed by atoms with Gasteiger partial charge in [0.05, 0.1) is 27.7 Å². The third-order valence-corrected chi connectivity index (χ3v) is 6.81. The number of hydrogen-bond donors (Lipinski definition) is 1. The van der Waals surface area contributed by atoms with Crippen molar-refractivity contribution in [3.8, 4) is 11.5 Å². The fourth-order valence-electron chi connectivity index (χ4n) is 3.34. The van der Waals surface area contributed by atoms with Crippen LogP contribution in [0.5, 0.6) is 11.5 Å². The van der Waals surface area contributed by atoms with Crippen LogP contribution in [0.2, 0.25) is 0 Å². The molecule has 1 aliphatic rings. The Morgan fingerprint density at radius 3 is 2.61 bits per heavy atom. The number of carbonyl (C=O) groups excluding carboxylic acids is 1. The Kier molecular flexibility index (Phi) is 7.76. The monoisotopic (exact) mass is 570 g/mol. The number of rotatable bonds is 7. The third-order valence-electron chi connectivity index (χ3n) is 5.16. The van der Waals surface area contributed by atoms with Crippen LogP contribution < -0.4 is 9.47 Å². The minimum absolute atomic E-state index is 0.152. The van der Waals surface area contributed by atoms with E-state index >= 15 is 0 Å². The molecule has 3 aromatic rings. The molecule has 1 saturated heterocycles. The number of likely N-dealkylation sites (N-methyl/N-ethyl adjacent to an activating group) is 1. The second-order valence-electron chi connectivity index (χ2n) is 7.67. The lowest BCUT2D eigenvalue weighted by atomic mass is 10.1. The summed E-state index contributed by atoms with van der Waals surface area (Å²) < 4.78 is 25.4. The summed E-state index contributed by atoms with van der Waals surface area (Å²) in [7, 11) is 3.14. The van der Waals surface area contributed by atoms with Gasteiger partial charge in [0.2, 0.25) is 0 Å². The maximum atomic E-state index is 13.5. The van der Waals surface area contributed by atoms with Gasteiger partial charge in [-0.2, -0.15) is 0 Å². The first-order valence-electron chi connectivity index (χ1n) is 10.6. The highest BCUT2D eigenvalue weighted by atomic mass is 79.9. The topological polar surface area (TPSA) is 88.4 Å². The fraction of sp³-hybridized carbons (Fsp3) is 0.115. The molecule has 7 nitrogen and oxygen atoms in total. The zero-order valence-electron chi connectivity index (χ0n) is 19.2. The van der Waals surface area contributed by atoms with Crippen LogP contribution in [-0.4, -0.2) is 41.2 Å². The van der Waals surface area contributed by atoms with Gasteiger partial charge in [0.25, 0.3) is 5.91 Å². The standard InChI is InChI=1S/C26H20BrFN2O5S/c1-30-24(31)22(36-26(30)29-19-8-6-17(7-9-19)25(32)33)13-16-11-20(27)23(21(12-16)34-2)35-14-15-4-3-5-18(28)10-15/h3-13H,14H2,1-2H3,(H,32,33)/b22-13-,29-26?. The summed E-state index contributed by atoms with van der Waals surface area (Å²) >= 11 is 4.71. The molecule has 184 valence electrons. The Labute approximate surface area is 219 Å². The number of carboxylic acid groups (broad SMARTS) is 1. The van der Waals surface area contributed by atoms with Gasteiger partial charge in [-0.1, -0.05) is 12.1 Å². The smallest absolute Gasteiger partial charge is 0.335 e. The summed E-state index contributed by atoms with van der Waals surface area (Å²) in [5, 5.41) is 9.51.